The van der Waals surface area contributed by atoms with E-state index in [4.69, 9.17) is 9.47 Å². The Bertz CT molecular complexity index is 349. The molecule has 1 aromatic rings. The molecule has 0 bridgehead atoms. The van der Waals surface area contributed by atoms with Gasteiger partial charge in [-0.3, -0.25) is 0 Å². The average Bonchev–Trinajstić information content (AvgIpc) is 2.35. The Labute approximate surface area is 103 Å². The Morgan fingerprint density at radius 3 is 2.53 bits per heavy atom. The normalized spacial score (nSPS) is 14.4. The molecule has 0 amide bonds. The Morgan fingerprint density at radius 1 is 1.24 bits per heavy atom. The van der Waals surface area contributed by atoms with Gasteiger partial charge in [0.25, 0.3) is 0 Å². The number of aliphatic hydroxyl groups excluding tert-OH is 1. The number of methoxy groups -OCH3 is 2. The largest absolute Gasteiger partial charge is 0.496 e. The lowest BCUT2D eigenvalue weighted by Crippen LogP contribution is -2.08. The minimum atomic E-state index is -0.498. The van der Waals surface area contributed by atoms with Crippen LogP contribution in [0.4, 0.5) is 0 Å². The van der Waals surface area contributed by atoms with Gasteiger partial charge in [0.2, 0.25) is 0 Å². The molecular formula is C14H22O3. The zero-order valence-corrected chi connectivity index (χ0v) is 11.1. The quantitative estimate of drug-likeness (QED) is 0.828. The van der Waals surface area contributed by atoms with Crippen molar-refractivity contribution in [3.05, 3.63) is 29.3 Å². The van der Waals surface area contributed by atoms with E-state index >= 15 is 0 Å². The van der Waals surface area contributed by atoms with Crippen LogP contribution < -0.4 is 4.74 Å². The lowest BCUT2D eigenvalue weighted by atomic mass is 10.0. The minimum absolute atomic E-state index is 0.167. The molecule has 0 aliphatic carbocycles. The lowest BCUT2D eigenvalue weighted by Gasteiger charge is -2.17. The van der Waals surface area contributed by atoms with Gasteiger partial charge in [0.1, 0.15) is 5.75 Å². The van der Waals surface area contributed by atoms with E-state index in [1.165, 1.54) is 0 Å². The molecule has 0 spiro atoms. The molecule has 0 saturated carbocycles. The molecule has 17 heavy (non-hydrogen) atoms. The molecule has 1 N–H and O–H groups in total. The minimum Gasteiger partial charge on any atom is -0.496 e. The molecule has 1 aromatic carbocycles. The predicted octanol–water partition coefficient (Wildman–Crippen LogP) is 2.85. The van der Waals surface area contributed by atoms with Gasteiger partial charge in [0.05, 0.1) is 19.3 Å². The van der Waals surface area contributed by atoms with Crippen molar-refractivity contribution in [1.82, 2.24) is 0 Å². The van der Waals surface area contributed by atoms with Crippen LogP contribution >= 0.6 is 0 Å². The lowest BCUT2D eigenvalue weighted by molar-refractivity contribution is 0.0843. The zero-order chi connectivity index (χ0) is 12.8. The van der Waals surface area contributed by atoms with Gasteiger partial charge in [-0.05, 0) is 38.8 Å². The first-order chi connectivity index (χ1) is 8.08. The summed E-state index contributed by atoms with van der Waals surface area (Å²) in [5.74, 6) is 0.744. The second-order valence-corrected chi connectivity index (χ2v) is 4.38. The third-order valence-corrected chi connectivity index (χ3v) is 2.99. The van der Waals surface area contributed by atoms with Crippen LogP contribution in [0.5, 0.6) is 5.75 Å². The fourth-order valence-electron chi connectivity index (χ4n) is 1.78. The van der Waals surface area contributed by atoms with E-state index in [-0.39, 0.29) is 6.10 Å². The van der Waals surface area contributed by atoms with Crippen LogP contribution in [-0.4, -0.2) is 25.4 Å². The molecule has 0 saturated heterocycles. The van der Waals surface area contributed by atoms with Gasteiger partial charge in [0, 0.05) is 12.7 Å². The van der Waals surface area contributed by atoms with E-state index in [0.29, 0.717) is 6.42 Å². The smallest absolute Gasteiger partial charge is 0.124 e. The third kappa shape index (κ3) is 4.02. The predicted molar refractivity (Wildman–Crippen MR) is 68.4 cm³/mol. The molecule has 3 nitrogen and oxygen atoms in total. The molecule has 2 unspecified atom stereocenters. The summed E-state index contributed by atoms with van der Waals surface area (Å²) in [6, 6.07) is 5.85. The van der Waals surface area contributed by atoms with Crippen molar-refractivity contribution in [3.63, 3.8) is 0 Å². The Balaban J connectivity index is 2.73. The molecule has 0 heterocycles. The molecule has 0 radical (unpaired) electrons. The van der Waals surface area contributed by atoms with Crippen LogP contribution in [0, 0.1) is 6.92 Å². The average molecular weight is 238 g/mol. The SMILES string of the molecule is COc1ccc(C)cc1C(O)CCC(C)OC. The maximum Gasteiger partial charge on any atom is 0.124 e. The summed E-state index contributed by atoms with van der Waals surface area (Å²) in [6.07, 6.45) is 1.17. The summed E-state index contributed by atoms with van der Waals surface area (Å²) in [5.41, 5.74) is 1.98. The summed E-state index contributed by atoms with van der Waals surface area (Å²) >= 11 is 0. The van der Waals surface area contributed by atoms with Crippen molar-refractivity contribution in [2.45, 2.75) is 38.9 Å². The van der Waals surface area contributed by atoms with E-state index in [1.807, 2.05) is 32.0 Å². The number of hydrogen-bond donors (Lipinski definition) is 1. The van der Waals surface area contributed by atoms with Crippen molar-refractivity contribution in [2.75, 3.05) is 14.2 Å². The second-order valence-electron chi connectivity index (χ2n) is 4.38. The highest BCUT2D eigenvalue weighted by Crippen LogP contribution is 2.29. The topological polar surface area (TPSA) is 38.7 Å². The highest BCUT2D eigenvalue weighted by molar-refractivity contribution is 5.38. The summed E-state index contributed by atoms with van der Waals surface area (Å²) in [4.78, 5) is 0. The van der Waals surface area contributed by atoms with Crippen LogP contribution in [-0.2, 0) is 4.74 Å². The first kappa shape index (κ1) is 14.0. The summed E-state index contributed by atoms with van der Waals surface area (Å²) in [6.45, 7) is 4.01. The fourth-order valence-corrected chi connectivity index (χ4v) is 1.78. The van der Waals surface area contributed by atoms with Crippen molar-refractivity contribution >= 4 is 0 Å². The fraction of sp³-hybridized carbons (Fsp3) is 0.571. The van der Waals surface area contributed by atoms with E-state index < -0.39 is 6.10 Å². The second kappa shape index (κ2) is 6.62. The first-order valence-electron chi connectivity index (χ1n) is 5.94. The summed E-state index contributed by atoms with van der Waals surface area (Å²) in [7, 11) is 3.31. The molecular weight excluding hydrogens is 216 g/mol. The van der Waals surface area contributed by atoms with Crippen molar-refractivity contribution < 1.29 is 14.6 Å². The van der Waals surface area contributed by atoms with E-state index in [1.54, 1.807) is 14.2 Å². The summed E-state index contributed by atoms with van der Waals surface area (Å²) < 4.78 is 10.4. The zero-order valence-electron chi connectivity index (χ0n) is 11.1. The number of aliphatic hydroxyl groups is 1. The molecule has 96 valence electrons. The van der Waals surface area contributed by atoms with Gasteiger partial charge in [-0.25, -0.2) is 0 Å². The van der Waals surface area contributed by atoms with Crippen LogP contribution in [0.3, 0.4) is 0 Å². The molecule has 0 aromatic heterocycles. The van der Waals surface area contributed by atoms with Gasteiger partial charge < -0.3 is 14.6 Å². The molecule has 3 heteroatoms. The van der Waals surface area contributed by atoms with E-state index in [2.05, 4.69) is 0 Å². The van der Waals surface area contributed by atoms with Gasteiger partial charge >= 0.3 is 0 Å². The molecule has 0 fully saturated rings. The van der Waals surface area contributed by atoms with Crippen LogP contribution in [0.2, 0.25) is 0 Å². The molecule has 0 aliphatic heterocycles. The summed E-state index contributed by atoms with van der Waals surface area (Å²) in [5, 5.41) is 10.2. The first-order valence-corrected chi connectivity index (χ1v) is 5.94. The number of benzene rings is 1. The molecule has 1 rings (SSSR count). The van der Waals surface area contributed by atoms with Gasteiger partial charge in [-0.1, -0.05) is 11.6 Å². The van der Waals surface area contributed by atoms with Crippen molar-refractivity contribution in [2.24, 2.45) is 0 Å². The number of ether oxygens (including phenoxy) is 2. The van der Waals surface area contributed by atoms with Crippen molar-refractivity contribution in [3.8, 4) is 5.75 Å². The third-order valence-electron chi connectivity index (χ3n) is 2.99. The Morgan fingerprint density at radius 2 is 1.94 bits per heavy atom. The van der Waals surface area contributed by atoms with Gasteiger partial charge in [-0.2, -0.15) is 0 Å². The maximum atomic E-state index is 10.2. The molecule has 0 aliphatic rings. The number of rotatable bonds is 6. The Hall–Kier alpha value is -1.06. The van der Waals surface area contributed by atoms with E-state index in [9.17, 15) is 5.11 Å². The maximum absolute atomic E-state index is 10.2. The standard InChI is InChI=1S/C14H22O3/c1-10-5-8-14(17-4)12(9-10)13(15)7-6-11(2)16-3/h5,8-9,11,13,15H,6-7H2,1-4H3. The van der Waals surface area contributed by atoms with Gasteiger partial charge in [-0.15, -0.1) is 0 Å². The monoisotopic (exact) mass is 238 g/mol. The van der Waals surface area contributed by atoms with Gasteiger partial charge in [0.15, 0.2) is 0 Å². The highest BCUT2D eigenvalue weighted by atomic mass is 16.5. The van der Waals surface area contributed by atoms with Crippen molar-refractivity contribution in [1.29, 1.82) is 0 Å². The number of hydrogen-bond acceptors (Lipinski definition) is 3. The van der Waals surface area contributed by atoms with Crippen LogP contribution in [0.1, 0.15) is 37.0 Å². The van der Waals surface area contributed by atoms with Crippen LogP contribution in [0.15, 0.2) is 18.2 Å². The van der Waals surface area contributed by atoms with E-state index in [0.717, 1.165) is 23.3 Å². The Kier molecular flexibility index (Phi) is 5.45. The van der Waals surface area contributed by atoms with Crippen LogP contribution in [0.25, 0.3) is 0 Å². The highest BCUT2D eigenvalue weighted by Gasteiger charge is 2.14. The molecule has 2 atom stereocenters. The number of aryl methyl sites for hydroxylation is 1.